The molecule has 2 aliphatic heterocycles. The van der Waals surface area contributed by atoms with Gasteiger partial charge in [-0.1, -0.05) is 51.0 Å². The van der Waals surface area contributed by atoms with Crippen molar-refractivity contribution in [3.05, 3.63) is 23.3 Å². The SMILES string of the molecule is CC(C)C1=CCN(C)CC1.CC(C)C1=CCNCC1. The van der Waals surface area contributed by atoms with E-state index in [-0.39, 0.29) is 0 Å². The maximum Gasteiger partial charge on any atom is 0.0163 e. The molecule has 0 spiro atoms. The van der Waals surface area contributed by atoms with E-state index in [9.17, 15) is 0 Å². The Morgan fingerprint density at radius 2 is 1.63 bits per heavy atom. The molecule has 2 nitrogen and oxygen atoms in total. The Hall–Kier alpha value is -0.600. The van der Waals surface area contributed by atoms with Crippen LogP contribution < -0.4 is 5.32 Å². The standard InChI is InChI=1S/C9H17N.C8H15N/c1-8(2)9-4-6-10(3)7-5-9;1-7(2)8-3-5-9-6-4-8/h4,8H,5-7H2,1-3H3;3,7,9H,4-6H2,1-2H3. The molecule has 2 aliphatic rings. The van der Waals surface area contributed by atoms with Gasteiger partial charge in [-0.3, -0.25) is 0 Å². The van der Waals surface area contributed by atoms with Crippen molar-refractivity contribution >= 4 is 0 Å². The summed E-state index contributed by atoms with van der Waals surface area (Å²) >= 11 is 0. The Labute approximate surface area is 120 Å². The number of rotatable bonds is 2. The van der Waals surface area contributed by atoms with Crippen LogP contribution >= 0.6 is 0 Å². The first-order valence-electron chi connectivity index (χ1n) is 7.77. The summed E-state index contributed by atoms with van der Waals surface area (Å²) in [6, 6.07) is 0. The minimum atomic E-state index is 0.757. The largest absolute Gasteiger partial charge is 0.313 e. The Balaban J connectivity index is 0.000000191. The van der Waals surface area contributed by atoms with Gasteiger partial charge in [0.1, 0.15) is 0 Å². The number of likely N-dealkylation sites (N-methyl/N-ethyl adjacent to an activating group) is 1. The monoisotopic (exact) mass is 264 g/mol. The first-order chi connectivity index (χ1) is 9.00. The molecule has 0 aromatic heterocycles. The maximum absolute atomic E-state index is 3.29. The number of nitrogens with one attached hydrogen (secondary N) is 1. The van der Waals surface area contributed by atoms with Crippen molar-refractivity contribution in [3.63, 3.8) is 0 Å². The van der Waals surface area contributed by atoms with Crippen LogP contribution in [0.1, 0.15) is 40.5 Å². The Morgan fingerprint density at radius 3 is 2.00 bits per heavy atom. The molecule has 0 radical (unpaired) electrons. The summed E-state index contributed by atoms with van der Waals surface area (Å²) in [6.07, 6.45) is 7.20. The molecule has 0 aliphatic carbocycles. The van der Waals surface area contributed by atoms with E-state index in [0.29, 0.717) is 0 Å². The highest BCUT2D eigenvalue weighted by atomic mass is 15.1. The smallest absolute Gasteiger partial charge is 0.0163 e. The van der Waals surface area contributed by atoms with Crippen LogP contribution in [0.25, 0.3) is 0 Å². The average Bonchev–Trinajstić information content (AvgIpc) is 2.41. The molecule has 2 heteroatoms. The van der Waals surface area contributed by atoms with E-state index in [1.165, 1.54) is 25.9 Å². The molecule has 0 bridgehead atoms. The Bertz CT molecular complexity index is 313. The molecule has 0 aromatic rings. The molecule has 0 atom stereocenters. The molecule has 0 aromatic carbocycles. The summed E-state index contributed by atoms with van der Waals surface area (Å²) in [4.78, 5) is 2.35. The lowest BCUT2D eigenvalue weighted by molar-refractivity contribution is 0.351. The van der Waals surface area contributed by atoms with E-state index in [2.05, 4.69) is 57.1 Å². The van der Waals surface area contributed by atoms with Crippen LogP contribution in [0.2, 0.25) is 0 Å². The van der Waals surface area contributed by atoms with Gasteiger partial charge in [0, 0.05) is 19.6 Å². The second kappa shape index (κ2) is 8.55. The molecule has 0 saturated carbocycles. The van der Waals surface area contributed by atoms with Crippen LogP contribution in [-0.4, -0.2) is 38.1 Å². The lowest BCUT2D eigenvalue weighted by Crippen LogP contribution is -2.25. The molecule has 0 fully saturated rings. The van der Waals surface area contributed by atoms with Crippen molar-refractivity contribution in [2.75, 3.05) is 33.2 Å². The minimum absolute atomic E-state index is 0.757. The molecule has 110 valence electrons. The van der Waals surface area contributed by atoms with Gasteiger partial charge in [-0.25, -0.2) is 0 Å². The van der Waals surface area contributed by atoms with Crippen molar-refractivity contribution in [2.24, 2.45) is 11.8 Å². The van der Waals surface area contributed by atoms with Crippen molar-refractivity contribution < 1.29 is 0 Å². The van der Waals surface area contributed by atoms with Crippen LogP contribution in [-0.2, 0) is 0 Å². The maximum atomic E-state index is 3.29. The highest BCUT2D eigenvalue weighted by Gasteiger charge is 2.09. The lowest BCUT2D eigenvalue weighted by Gasteiger charge is -2.23. The molecular formula is C17H32N2. The van der Waals surface area contributed by atoms with Gasteiger partial charge >= 0.3 is 0 Å². The summed E-state index contributed by atoms with van der Waals surface area (Å²) in [6.45, 7) is 13.7. The summed E-state index contributed by atoms with van der Waals surface area (Å²) in [5, 5.41) is 3.29. The number of nitrogens with zero attached hydrogens (tertiary/aromatic N) is 1. The van der Waals surface area contributed by atoms with E-state index in [4.69, 9.17) is 0 Å². The zero-order valence-electron chi connectivity index (χ0n) is 13.5. The highest BCUT2D eigenvalue weighted by Crippen LogP contribution is 2.17. The van der Waals surface area contributed by atoms with Gasteiger partial charge in [0.05, 0.1) is 0 Å². The molecule has 2 heterocycles. The van der Waals surface area contributed by atoms with E-state index >= 15 is 0 Å². The van der Waals surface area contributed by atoms with Crippen molar-refractivity contribution in [1.29, 1.82) is 0 Å². The highest BCUT2D eigenvalue weighted by molar-refractivity contribution is 5.09. The van der Waals surface area contributed by atoms with E-state index in [0.717, 1.165) is 24.9 Å². The third-order valence-electron chi connectivity index (χ3n) is 4.03. The normalized spacial score (nSPS) is 20.8. The zero-order valence-corrected chi connectivity index (χ0v) is 13.5. The van der Waals surface area contributed by atoms with Gasteiger partial charge in [0.2, 0.25) is 0 Å². The number of hydrogen-bond donors (Lipinski definition) is 1. The fourth-order valence-electron chi connectivity index (χ4n) is 2.48. The van der Waals surface area contributed by atoms with Crippen LogP contribution in [0.3, 0.4) is 0 Å². The fourth-order valence-corrected chi connectivity index (χ4v) is 2.48. The molecule has 0 unspecified atom stereocenters. The quantitative estimate of drug-likeness (QED) is 0.768. The minimum Gasteiger partial charge on any atom is -0.313 e. The second-order valence-corrected chi connectivity index (χ2v) is 6.33. The van der Waals surface area contributed by atoms with Gasteiger partial charge < -0.3 is 10.2 Å². The third-order valence-corrected chi connectivity index (χ3v) is 4.03. The first-order valence-corrected chi connectivity index (χ1v) is 7.77. The second-order valence-electron chi connectivity index (χ2n) is 6.33. The lowest BCUT2D eigenvalue weighted by atomic mass is 9.97. The van der Waals surface area contributed by atoms with E-state index < -0.39 is 0 Å². The van der Waals surface area contributed by atoms with Crippen molar-refractivity contribution in [3.8, 4) is 0 Å². The molecular weight excluding hydrogens is 232 g/mol. The van der Waals surface area contributed by atoms with Crippen LogP contribution in [0, 0.1) is 11.8 Å². The zero-order chi connectivity index (χ0) is 14.3. The first kappa shape index (κ1) is 16.5. The van der Waals surface area contributed by atoms with Crippen molar-refractivity contribution in [2.45, 2.75) is 40.5 Å². The third kappa shape index (κ3) is 6.40. The van der Waals surface area contributed by atoms with Crippen molar-refractivity contribution in [1.82, 2.24) is 10.2 Å². The number of hydrogen-bond acceptors (Lipinski definition) is 2. The van der Waals surface area contributed by atoms with Gasteiger partial charge in [0.25, 0.3) is 0 Å². The molecule has 1 N–H and O–H groups in total. The molecule has 0 amide bonds. The van der Waals surface area contributed by atoms with Crippen LogP contribution in [0.5, 0.6) is 0 Å². The van der Waals surface area contributed by atoms with Gasteiger partial charge in [0.15, 0.2) is 0 Å². The molecule has 2 rings (SSSR count). The predicted molar refractivity (Wildman–Crippen MR) is 85.4 cm³/mol. The molecule has 19 heavy (non-hydrogen) atoms. The summed E-state index contributed by atoms with van der Waals surface area (Å²) < 4.78 is 0. The molecule has 0 saturated heterocycles. The predicted octanol–water partition coefficient (Wildman–Crippen LogP) is 3.47. The summed E-state index contributed by atoms with van der Waals surface area (Å²) in [7, 11) is 2.17. The average molecular weight is 264 g/mol. The summed E-state index contributed by atoms with van der Waals surface area (Å²) in [5.41, 5.74) is 3.26. The fraction of sp³-hybridized carbons (Fsp3) is 0.765. The van der Waals surface area contributed by atoms with Gasteiger partial charge in [-0.2, -0.15) is 0 Å². The van der Waals surface area contributed by atoms with E-state index in [1.54, 1.807) is 11.1 Å². The van der Waals surface area contributed by atoms with Gasteiger partial charge in [-0.15, -0.1) is 0 Å². The van der Waals surface area contributed by atoms with Crippen LogP contribution in [0.4, 0.5) is 0 Å². The Kier molecular flexibility index (Phi) is 7.40. The summed E-state index contributed by atoms with van der Waals surface area (Å²) in [5.74, 6) is 1.51. The van der Waals surface area contributed by atoms with Gasteiger partial charge in [-0.05, 0) is 38.3 Å². The topological polar surface area (TPSA) is 15.3 Å². The Morgan fingerprint density at radius 1 is 1.00 bits per heavy atom. The van der Waals surface area contributed by atoms with Crippen LogP contribution in [0.15, 0.2) is 23.3 Å². The van der Waals surface area contributed by atoms with E-state index in [1.807, 2.05) is 0 Å².